The van der Waals surface area contributed by atoms with Gasteiger partial charge in [-0.15, -0.1) is 12.4 Å². The Morgan fingerprint density at radius 1 is 1.27 bits per heavy atom. The van der Waals surface area contributed by atoms with Gasteiger partial charge in [-0.25, -0.2) is 0 Å². The molecule has 2 N–H and O–H groups in total. The van der Waals surface area contributed by atoms with E-state index in [9.17, 15) is 4.79 Å². The molecule has 0 fully saturated rings. The third kappa shape index (κ3) is 5.24. The molecule has 6 heteroatoms. The van der Waals surface area contributed by atoms with E-state index in [2.05, 4.69) is 16.7 Å². The number of nitrogens with one attached hydrogen (secondary N) is 2. The maximum atomic E-state index is 12.0. The molecule has 0 bridgehead atoms. The van der Waals surface area contributed by atoms with Gasteiger partial charge in [0.2, 0.25) is 5.91 Å². The van der Waals surface area contributed by atoms with E-state index >= 15 is 0 Å². The summed E-state index contributed by atoms with van der Waals surface area (Å²) in [4.78, 5) is 12.0. The van der Waals surface area contributed by atoms with Gasteiger partial charge in [0.25, 0.3) is 0 Å². The van der Waals surface area contributed by atoms with Crippen LogP contribution in [0.15, 0.2) is 29.8 Å². The minimum absolute atomic E-state index is 0. The van der Waals surface area contributed by atoms with Gasteiger partial charge in [-0.2, -0.15) is 0 Å². The van der Waals surface area contributed by atoms with Crippen molar-refractivity contribution in [2.45, 2.75) is 12.8 Å². The van der Waals surface area contributed by atoms with Gasteiger partial charge in [0, 0.05) is 13.1 Å². The molecule has 1 aliphatic rings. The number of hydrogen-bond acceptors (Lipinski definition) is 4. The molecule has 1 aliphatic heterocycles. The molecular weight excluding hydrogens is 304 g/mol. The normalized spacial score (nSPS) is 13.6. The first-order chi connectivity index (χ1) is 10.2. The Morgan fingerprint density at radius 2 is 2.05 bits per heavy atom. The molecule has 22 heavy (non-hydrogen) atoms. The van der Waals surface area contributed by atoms with Gasteiger partial charge in [0.15, 0.2) is 11.5 Å². The zero-order valence-electron chi connectivity index (χ0n) is 13.0. The quantitative estimate of drug-likeness (QED) is 0.781. The molecule has 1 aromatic rings. The molecule has 0 aliphatic carbocycles. The lowest BCUT2D eigenvalue weighted by atomic mass is 10.1. The van der Waals surface area contributed by atoms with Crippen LogP contribution < -0.4 is 20.1 Å². The molecule has 0 atom stereocenters. The van der Waals surface area contributed by atoms with Crippen molar-refractivity contribution in [3.8, 4) is 11.5 Å². The lowest BCUT2D eigenvalue weighted by molar-refractivity contribution is -0.120. The van der Waals surface area contributed by atoms with Gasteiger partial charge in [-0.05, 0) is 30.7 Å². The van der Waals surface area contributed by atoms with Crippen molar-refractivity contribution in [3.63, 3.8) is 0 Å². The molecule has 1 heterocycles. The fourth-order valence-electron chi connectivity index (χ4n) is 2.28. The largest absolute Gasteiger partial charge is 0.493 e. The third-order valence-electron chi connectivity index (χ3n) is 3.48. The second-order valence-electron chi connectivity index (χ2n) is 4.96. The standard InChI is InChI=1S/C16H22N2O3.ClH/c1-20-14-4-3-13(9-15(14)21-2)10-16(19)18-11-12-5-7-17-8-6-12;/h3-5,9,17H,6-8,10-11H2,1-2H3,(H,18,19);1H. The van der Waals surface area contributed by atoms with Crippen LogP contribution >= 0.6 is 12.4 Å². The van der Waals surface area contributed by atoms with Crippen LogP contribution in [0, 0.1) is 0 Å². The second-order valence-corrected chi connectivity index (χ2v) is 4.96. The summed E-state index contributed by atoms with van der Waals surface area (Å²) >= 11 is 0. The number of carbonyl (C=O) groups is 1. The highest BCUT2D eigenvalue weighted by Gasteiger charge is 2.09. The minimum atomic E-state index is 0. The molecule has 1 amide bonds. The summed E-state index contributed by atoms with van der Waals surface area (Å²) < 4.78 is 10.4. The van der Waals surface area contributed by atoms with E-state index in [1.54, 1.807) is 14.2 Å². The Kier molecular flexibility index (Phi) is 7.77. The molecule has 0 saturated carbocycles. The Balaban J connectivity index is 0.00000242. The van der Waals surface area contributed by atoms with E-state index in [4.69, 9.17) is 9.47 Å². The van der Waals surface area contributed by atoms with Gasteiger partial charge in [0.05, 0.1) is 20.6 Å². The second kappa shape index (κ2) is 9.33. The maximum absolute atomic E-state index is 12.0. The smallest absolute Gasteiger partial charge is 0.224 e. The molecule has 0 aromatic heterocycles. The molecule has 0 unspecified atom stereocenters. The summed E-state index contributed by atoms with van der Waals surface area (Å²) in [6, 6.07) is 5.53. The number of rotatable bonds is 6. The van der Waals surface area contributed by atoms with Crippen LogP contribution in [0.25, 0.3) is 0 Å². The molecule has 0 radical (unpaired) electrons. The van der Waals surface area contributed by atoms with Gasteiger partial charge in [0.1, 0.15) is 0 Å². The summed E-state index contributed by atoms with van der Waals surface area (Å²) in [6.07, 6.45) is 3.47. The Bertz CT molecular complexity index is 532. The fourth-order valence-corrected chi connectivity index (χ4v) is 2.28. The maximum Gasteiger partial charge on any atom is 0.224 e. The van der Waals surface area contributed by atoms with Crippen molar-refractivity contribution in [1.29, 1.82) is 0 Å². The number of benzene rings is 1. The minimum Gasteiger partial charge on any atom is -0.493 e. The summed E-state index contributed by atoms with van der Waals surface area (Å²) in [7, 11) is 3.18. The van der Waals surface area contributed by atoms with Crippen molar-refractivity contribution in [1.82, 2.24) is 10.6 Å². The molecular formula is C16H23ClN2O3. The van der Waals surface area contributed by atoms with Gasteiger partial charge in [-0.1, -0.05) is 17.7 Å². The van der Waals surface area contributed by atoms with E-state index in [1.807, 2.05) is 18.2 Å². The topological polar surface area (TPSA) is 59.6 Å². The monoisotopic (exact) mass is 326 g/mol. The van der Waals surface area contributed by atoms with Crippen molar-refractivity contribution < 1.29 is 14.3 Å². The first kappa shape index (κ1) is 18.3. The van der Waals surface area contributed by atoms with Gasteiger partial charge in [-0.3, -0.25) is 4.79 Å². The highest BCUT2D eigenvalue weighted by Crippen LogP contribution is 2.27. The van der Waals surface area contributed by atoms with E-state index < -0.39 is 0 Å². The van der Waals surface area contributed by atoms with E-state index in [1.165, 1.54) is 5.57 Å². The summed E-state index contributed by atoms with van der Waals surface area (Å²) in [5, 5.41) is 6.21. The van der Waals surface area contributed by atoms with Gasteiger partial charge < -0.3 is 20.1 Å². The van der Waals surface area contributed by atoms with Crippen LogP contribution in [-0.2, 0) is 11.2 Å². The Morgan fingerprint density at radius 3 is 2.68 bits per heavy atom. The van der Waals surface area contributed by atoms with Crippen molar-refractivity contribution >= 4 is 18.3 Å². The van der Waals surface area contributed by atoms with Crippen molar-refractivity contribution in [2.75, 3.05) is 33.9 Å². The lowest BCUT2D eigenvalue weighted by Crippen LogP contribution is -2.30. The average Bonchev–Trinajstić information content (AvgIpc) is 2.53. The van der Waals surface area contributed by atoms with E-state index in [0.29, 0.717) is 24.5 Å². The predicted molar refractivity (Wildman–Crippen MR) is 89.1 cm³/mol. The Hall–Kier alpha value is -1.72. The van der Waals surface area contributed by atoms with Crippen LogP contribution in [0.4, 0.5) is 0 Å². The molecule has 5 nitrogen and oxygen atoms in total. The molecule has 2 rings (SSSR count). The fraction of sp³-hybridized carbons (Fsp3) is 0.438. The van der Waals surface area contributed by atoms with Gasteiger partial charge >= 0.3 is 0 Å². The van der Waals surface area contributed by atoms with Crippen molar-refractivity contribution in [3.05, 3.63) is 35.4 Å². The van der Waals surface area contributed by atoms with Crippen LogP contribution in [0.3, 0.4) is 0 Å². The highest BCUT2D eigenvalue weighted by molar-refractivity contribution is 5.85. The van der Waals surface area contributed by atoms with Crippen LogP contribution in [0.5, 0.6) is 11.5 Å². The number of hydrogen-bond donors (Lipinski definition) is 2. The number of methoxy groups -OCH3 is 2. The van der Waals surface area contributed by atoms with E-state index in [-0.39, 0.29) is 18.3 Å². The first-order valence-corrected chi connectivity index (χ1v) is 7.09. The lowest BCUT2D eigenvalue weighted by Gasteiger charge is -2.15. The number of carbonyl (C=O) groups excluding carboxylic acids is 1. The zero-order valence-corrected chi connectivity index (χ0v) is 13.8. The zero-order chi connectivity index (χ0) is 15.1. The summed E-state index contributed by atoms with van der Waals surface area (Å²) in [5.41, 5.74) is 2.19. The molecule has 0 spiro atoms. The van der Waals surface area contributed by atoms with Crippen LogP contribution in [0.1, 0.15) is 12.0 Å². The molecule has 0 saturated heterocycles. The average molecular weight is 327 g/mol. The Labute approximate surface area is 137 Å². The highest BCUT2D eigenvalue weighted by atomic mass is 35.5. The predicted octanol–water partition coefficient (Wildman–Crippen LogP) is 1.70. The molecule has 122 valence electrons. The number of ether oxygens (including phenoxy) is 2. The first-order valence-electron chi connectivity index (χ1n) is 7.09. The number of halogens is 1. The number of amides is 1. The summed E-state index contributed by atoms with van der Waals surface area (Å²) in [6.45, 7) is 2.51. The molecule has 1 aromatic carbocycles. The van der Waals surface area contributed by atoms with Crippen molar-refractivity contribution in [2.24, 2.45) is 0 Å². The third-order valence-corrected chi connectivity index (χ3v) is 3.48. The SMILES string of the molecule is COc1ccc(CC(=O)NCC2=CCNCC2)cc1OC.Cl. The van der Waals surface area contributed by atoms with Crippen LogP contribution in [0.2, 0.25) is 0 Å². The van der Waals surface area contributed by atoms with Crippen LogP contribution in [-0.4, -0.2) is 39.8 Å². The summed E-state index contributed by atoms with van der Waals surface area (Å²) in [5.74, 6) is 1.33. The van der Waals surface area contributed by atoms with E-state index in [0.717, 1.165) is 25.1 Å².